The largest absolute Gasteiger partial charge is 2.00 e. The van der Waals surface area contributed by atoms with Crippen LogP contribution in [0, 0.1) is 0 Å². The maximum Gasteiger partial charge on any atom is 2.00 e. The van der Waals surface area contributed by atoms with Crippen LogP contribution in [0.5, 0.6) is 0 Å². The molecule has 4 unspecified atom stereocenters. The van der Waals surface area contributed by atoms with Gasteiger partial charge in [0.15, 0.2) is 0 Å². The Morgan fingerprint density at radius 1 is 0.455 bits per heavy atom. The van der Waals surface area contributed by atoms with Crippen molar-refractivity contribution in [2.45, 2.75) is 56.5 Å². The van der Waals surface area contributed by atoms with Crippen molar-refractivity contribution < 1.29 is 36.9 Å². The molecule has 6 aromatic carbocycles. The number of aliphatic hydroxyl groups is 4. The van der Waals surface area contributed by atoms with Crippen molar-refractivity contribution in [1.82, 2.24) is 0 Å². The SMILES string of the molecule is C1=CC[N-]C=C1.C1CC[N-]CC1.OC(CC(O)c1cccc2ccccc12)c1ccccc1.OC(CC(O)c1cccc2ccccc12)c1ccccc1.[Ni+2]. The minimum absolute atomic E-state index is 0. The molecule has 0 bridgehead atoms. The van der Waals surface area contributed by atoms with E-state index in [4.69, 9.17) is 0 Å². The predicted molar refractivity (Wildman–Crippen MR) is 223 cm³/mol. The molecule has 6 nitrogen and oxygen atoms in total. The van der Waals surface area contributed by atoms with E-state index in [1.165, 1.54) is 19.3 Å². The third kappa shape index (κ3) is 13.9. The van der Waals surface area contributed by atoms with E-state index < -0.39 is 24.4 Å². The maximum atomic E-state index is 10.5. The van der Waals surface area contributed by atoms with Crippen LogP contribution in [-0.4, -0.2) is 40.1 Å². The quantitative estimate of drug-likeness (QED) is 0.115. The van der Waals surface area contributed by atoms with Gasteiger partial charge < -0.3 is 31.1 Å². The van der Waals surface area contributed by atoms with Gasteiger partial charge in [-0.3, -0.25) is 0 Å². The number of hydrogen-bond donors (Lipinski definition) is 4. The molecule has 6 aromatic rings. The zero-order valence-corrected chi connectivity index (χ0v) is 32.1. The van der Waals surface area contributed by atoms with E-state index >= 15 is 0 Å². The van der Waals surface area contributed by atoms with Gasteiger partial charge in [-0.1, -0.05) is 177 Å². The molecule has 8 rings (SSSR count). The van der Waals surface area contributed by atoms with Crippen molar-refractivity contribution in [2.24, 2.45) is 0 Å². The van der Waals surface area contributed by atoms with Crippen LogP contribution in [0.3, 0.4) is 0 Å². The molecule has 2 heterocycles. The van der Waals surface area contributed by atoms with Crippen LogP contribution in [0.15, 0.2) is 170 Å². The number of allylic oxidation sites excluding steroid dienone is 2. The molecule has 4 atom stereocenters. The first-order chi connectivity index (χ1) is 26.5. The minimum atomic E-state index is -0.689. The predicted octanol–water partition coefficient (Wildman–Crippen LogP) is 11.0. The van der Waals surface area contributed by atoms with Crippen LogP contribution in [0.2, 0.25) is 0 Å². The Hall–Kier alpha value is -4.59. The molecule has 55 heavy (non-hydrogen) atoms. The van der Waals surface area contributed by atoms with Crippen molar-refractivity contribution in [2.75, 3.05) is 19.6 Å². The van der Waals surface area contributed by atoms with Gasteiger partial charge in [0, 0.05) is 12.8 Å². The number of nitrogens with zero attached hydrogens (tertiary/aromatic N) is 2. The smallest absolute Gasteiger partial charge is 0.687 e. The third-order valence-corrected chi connectivity index (χ3v) is 9.41. The number of hydrogen-bond acceptors (Lipinski definition) is 4. The van der Waals surface area contributed by atoms with Crippen molar-refractivity contribution >= 4 is 21.5 Å². The summed E-state index contributed by atoms with van der Waals surface area (Å²) in [6.07, 6.45) is 9.67. The fraction of sp³-hybridized carbons (Fsp3) is 0.250. The molecule has 7 heteroatoms. The first-order valence-corrected chi connectivity index (χ1v) is 18.9. The zero-order chi connectivity index (χ0) is 37.8. The summed E-state index contributed by atoms with van der Waals surface area (Å²) in [5, 5.41) is 53.9. The molecule has 0 spiro atoms. The summed E-state index contributed by atoms with van der Waals surface area (Å²) in [6.45, 7) is 3.11. The standard InChI is InChI=1S/2C19H18O2.C5H10N.C5H6N.Ni/c2*20-18(15-8-2-1-3-9-15)13-19(21)17-12-6-10-14-7-4-5-11-16(14)17;2*1-2-4-6-5-3-1;/h2*1-12,18-21H,13H2;1-5H2;1-4H,5H2;/q;;2*-1;+2. The van der Waals surface area contributed by atoms with Crippen molar-refractivity contribution in [3.8, 4) is 0 Å². The summed E-state index contributed by atoms with van der Waals surface area (Å²) in [7, 11) is 0. The molecular weight excluding hydrogens is 727 g/mol. The molecule has 0 aromatic heterocycles. The normalized spacial score (nSPS) is 15.2. The monoisotopic (exact) mass is 778 g/mol. The fourth-order valence-electron chi connectivity index (χ4n) is 6.49. The van der Waals surface area contributed by atoms with Crippen LogP contribution < -0.4 is 0 Å². The Labute approximate surface area is 336 Å². The number of piperidine rings is 1. The van der Waals surface area contributed by atoms with E-state index in [0.717, 1.165) is 63.4 Å². The summed E-state index contributed by atoms with van der Waals surface area (Å²) < 4.78 is 0. The summed E-state index contributed by atoms with van der Waals surface area (Å²) in [5.41, 5.74) is 3.39. The number of fused-ring (bicyclic) bond motifs is 2. The summed E-state index contributed by atoms with van der Waals surface area (Å²) in [6, 6.07) is 46.6. The second-order valence-electron chi connectivity index (χ2n) is 13.4. The van der Waals surface area contributed by atoms with Crippen molar-refractivity contribution in [3.05, 3.63) is 203 Å². The van der Waals surface area contributed by atoms with E-state index in [-0.39, 0.29) is 29.3 Å². The summed E-state index contributed by atoms with van der Waals surface area (Å²) in [4.78, 5) is 0. The average Bonchev–Trinajstić information content (AvgIpc) is 3.25. The Morgan fingerprint density at radius 2 is 0.891 bits per heavy atom. The van der Waals surface area contributed by atoms with E-state index in [2.05, 4.69) is 10.6 Å². The van der Waals surface area contributed by atoms with Gasteiger partial charge in [0.2, 0.25) is 0 Å². The number of rotatable bonds is 8. The molecule has 0 amide bonds. The van der Waals surface area contributed by atoms with E-state index in [9.17, 15) is 20.4 Å². The Morgan fingerprint density at radius 3 is 1.24 bits per heavy atom. The van der Waals surface area contributed by atoms with E-state index in [1.807, 2.05) is 164 Å². The molecule has 1 saturated heterocycles. The summed E-state index contributed by atoms with van der Waals surface area (Å²) >= 11 is 0. The molecular formula is C48H52N2NiO4. The van der Waals surface area contributed by atoms with Gasteiger partial charge in [-0.2, -0.15) is 6.20 Å². The minimum Gasteiger partial charge on any atom is -0.687 e. The van der Waals surface area contributed by atoms with E-state index in [1.54, 1.807) is 6.20 Å². The molecule has 2 aliphatic rings. The zero-order valence-electron chi connectivity index (χ0n) is 31.1. The first-order valence-electron chi connectivity index (χ1n) is 18.9. The Balaban J connectivity index is 0.000000185. The van der Waals surface area contributed by atoms with Gasteiger partial charge >= 0.3 is 16.5 Å². The molecule has 0 radical (unpaired) electrons. The fourth-order valence-corrected chi connectivity index (χ4v) is 6.49. The van der Waals surface area contributed by atoms with Crippen LogP contribution in [0.25, 0.3) is 32.2 Å². The average molecular weight is 780 g/mol. The molecule has 0 aliphatic carbocycles. The molecule has 2 aliphatic heterocycles. The van der Waals surface area contributed by atoms with Gasteiger partial charge in [0.25, 0.3) is 0 Å². The second kappa shape index (κ2) is 24.0. The topological polar surface area (TPSA) is 109 Å². The number of aliphatic hydroxyl groups excluding tert-OH is 4. The van der Waals surface area contributed by atoms with Crippen LogP contribution in [-0.2, 0) is 16.5 Å². The van der Waals surface area contributed by atoms with E-state index in [0.29, 0.717) is 0 Å². The number of benzene rings is 6. The van der Waals surface area contributed by atoms with Crippen LogP contribution >= 0.6 is 0 Å². The maximum absolute atomic E-state index is 10.5. The molecule has 1 fully saturated rings. The van der Waals surface area contributed by atoms with Crippen LogP contribution in [0.4, 0.5) is 0 Å². The Kier molecular flexibility index (Phi) is 18.9. The summed E-state index contributed by atoms with van der Waals surface area (Å²) in [5.74, 6) is 0. The van der Waals surface area contributed by atoms with Crippen molar-refractivity contribution in [3.63, 3.8) is 0 Å². The van der Waals surface area contributed by atoms with Gasteiger partial charge in [-0.25, -0.2) is 0 Å². The third-order valence-electron chi connectivity index (χ3n) is 9.41. The van der Waals surface area contributed by atoms with Gasteiger partial charge in [0.1, 0.15) is 0 Å². The first kappa shape index (κ1) is 43.1. The van der Waals surface area contributed by atoms with Crippen molar-refractivity contribution in [1.29, 1.82) is 0 Å². The van der Waals surface area contributed by atoms with Gasteiger partial charge in [-0.15, -0.1) is 25.7 Å². The molecule has 288 valence electrons. The Bertz CT molecular complexity index is 1850. The van der Waals surface area contributed by atoms with Gasteiger partial charge in [0.05, 0.1) is 24.4 Å². The van der Waals surface area contributed by atoms with Gasteiger partial charge in [-0.05, 0) is 43.8 Å². The molecule has 4 N–H and O–H groups in total. The molecule has 0 saturated carbocycles. The van der Waals surface area contributed by atoms with Crippen LogP contribution in [0.1, 0.15) is 78.8 Å². The second-order valence-corrected chi connectivity index (χ2v) is 13.4.